The maximum absolute atomic E-state index is 8.79. The van der Waals surface area contributed by atoms with Crippen LogP contribution in [0.3, 0.4) is 0 Å². The Labute approximate surface area is 79.3 Å². The minimum Gasteiger partial charge on any atom is -0.394 e. The minimum absolute atomic E-state index is 0.00343. The van der Waals surface area contributed by atoms with Gasteiger partial charge in [0, 0.05) is 4.47 Å². The number of aliphatic hydroxyl groups is 1. The maximum Gasteiger partial charge on any atom is 0.113 e. The molecule has 0 radical (unpaired) electrons. The summed E-state index contributed by atoms with van der Waals surface area (Å²) < 4.78 is 6.30. The van der Waals surface area contributed by atoms with Crippen molar-refractivity contribution in [1.82, 2.24) is 0 Å². The Morgan fingerprint density at radius 2 is 2.17 bits per heavy atom. The summed E-state index contributed by atoms with van der Waals surface area (Å²) in [5.74, 6) is 0. The highest BCUT2D eigenvalue weighted by Gasteiger charge is 2.40. The van der Waals surface area contributed by atoms with Crippen LogP contribution in [-0.4, -0.2) is 17.8 Å². The van der Waals surface area contributed by atoms with Gasteiger partial charge in [0.2, 0.25) is 0 Å². The zero-order valence-electron chi connectivity index (χ0n) is 6.40. The summed E-state index contributed by atoms with van der Waals surface area (Å²) in [5.41, 5.74) is 1.12. The Kier molecular flexibility index (Phi) is 2.17. The van der Waals surface area contributed by atoms with Crippen molar-refractivity contribution < 1.29 is 9.84 Å². The second-order valence-corrected chi connectivity index (χ2v) is 3.65. The molecule has 64 valence electrons. The van der Waals surface area contributed by atoms with Crippen LogP contribution in [0.4, 0.5) is 0 Å². The van der Waals surface area contributed by atoms with Crippen LogP contribution in [0.1, 0.15) is 11.7 Å². The Bertz CT molecular complexity index is 288. The van der Waals surface area contributed by atoms with Gasteiger partial charge in [0.15, 0.2) is 0 Å². The second kappa shape index (κ2) is 3.17. The van der Waals surface area contributed by atoms with Crippen LogP contribution in [0, 0.1) is 0 Å². The molecule has 0 amide bonds. The molecule has 0 unspecified atom stereocenters. The first-order valence-electron chi connectivity index (χ1n) is 3.83. The van der Waals surface area contributed by atoms with Gasteiger partial charge >= 0.3 is 0 Å². The Balaban J connectivity index is 2.19. The largest absolute Gasteiger partial charge is 0.394 e. The van der Waals surface area contributed by atoms with E-state index in [1.807, 2.05) is 24.3 Å². The van der Waals surface area contributed by atoms with Crippen LogP contribution in [0.2, 0.25) is 0 Å². The molecule has 1 fully saturated rings. The van der Waals surface area contributed by atoms with Gasteiger partial charge in [-0.05, 0) is 11.6 Å². The molecular weight excluding hydrogens is 220 g/mol. The van der Waals surface area contributed by atoms with E-state index in [9.17, 15) is 0 Å². The number of epoxide rings is 1. The van der Waals surface area contributed by atoms with Crippen LogP contribution in [0.25, 0.3) is 0 Å². The highest BCUT2D eigenvalue weighted by atomic mass is 79.9. The van der Waals surface area contributed by atoms with Gasteiger partial charge in [-0.1, -0.05) is 34.1 Å². The van der Waals surface area contributed by atoms with Crippen LogP contribution < -0.4 is 0 Å². The summed E-state index contributed by atoms with van der Waals surface area (Å²) in [6.45, 7) is 0.103. The van der Waals surface area contributed by atoms with Crippen molar-refractivity contribution >= 4 is 15.9 Å². The lowest BCUT2D eigenvalue weighted by atomic mass is 10.1. The van der Waals surface area contributed by atoms with E-state index in [-0.39, 0.29) is 18.8 Å². The third kappa shape index (κ3) is 1.40. The van der Waals surface area contributed by atoms with Gasteiger partial charge in [-0.2, -0.15) is 0 Å². The third-order valence-corrected chi connectivity index (χ3v) is 2.70. The van der Waals surface area contributed by atoms with Crippen molar-refractivity contribution in [2.24, 2.45) is 0 Å². The molecular formula is C9H9BrO2. The molecule has 1 saturated heterocycles. The molecule has 1 aromatic carbocycles. The standard InChI is InChI=1S/C9H9BrO2/c10-7-4-2-1-3-6(7)9-8(5-11)12-9/h1-4,8-9,11H,5H2/t8-,9-/m1/s1. The molecule has 0 saturated carbocycles. The smallest absolute Gasteiger partial charge is 0.113 e. The van der Waals surface area contributed by atoms with Crippen molar-refractivity contribution in [2.45, 2.75) is 12.2 Å². The summed E-state index contributed by atoms with van der Waals surface area (Å²) in [4.78, 5) is 0. The quantitative estimate of drug-likeness (QED) is 0.785. The van der Waals surface area contributed by atoms with Crippen molar-refractivity contribution in [3.05, 3.63) is 34.3 Å². The van der Waals surface area contributed by atoms with E-state index in [1.54, 1.807) is 0 Å². The molecule has 0 spiro atoms. The minimum atomic E-state index is 0.00343. The lowest BCUT2D eigenvalue weighted by molar-refractivity contribution is 0.242. The SMILES string of the molecule is OC[C@H]1O[C@@H]1c1ccccc1Br. The van der Waals surface area contributed by atoms with Gasteiger partial charge < -0.3 is 9.84 Å². The Hall–Kier alpha value is -0.380. The van der Waals surface area contributed by atoms with Crippen molar-refractivity contribution in [2.75, 3.05) is 6.61 Å². The molecule has 2 rings (SSSR count). The van der Waals surface area contributed by atoms with Gasteiger partial charge in [-0.25, -0.2) is 0 Å². The number of hydrogen-bond donors (Lipinski definition) is 1. The number of hydrogen-bond acceptors (Lipinski definition) is 2. The summed E-state index contributed by atoms with van der Waals surface area (Å²) in [7, 11) is 0. The molecule has 1 aliphatic rings. The number of rotatable bonds is 2. The van der Waals surface area contributed by atoms with Crippen molar-refractivity contribution in [3.8, 4) is 0 Å². The number of aliphatic hydroxyl groups excluding tert-OH is 1. The van der Waals surface area contributed by atoms with Crippen LogP contribution in [-0.2, 0) is 4.74 Å². The first-order chi connectivity index (χ1) is 5.83. The zero-order valence-corrected chi connectivity index (χ0v) is 7.99. The molecule has 0 aromatic heterocycles. The molecule has 1 aromatic rings. The molecule has 1 aliphatic heterocycles. The third-order valence-electron chi connectivity index (χ3n) is 1.97. The first-order valence-corrected chi connectivity index (χ1v) is 4.63. The summed E-state index contributed by atoms with van der Waals surface area (Å²) in [5, 5.41) is 8.79. The molecule has 0 aliphatic carbocycles. The van der Waals surface area contributed by atoms with E-state index >= 15 is 0 Å². The number of ether oxygens (including phenoxy) is 1. The van der Waals surface area contributed by atoms with E-state index in [0.717, 1.165) is 10.0 Å². The number of benzene rings is 1. The van der Waals surface area contributed by atoms with Gasteiger partial charge in [0.25, 0.3) is 0 Å². The molecule has 2 nitrogen and oxygen atoms in total. The van der Waals surface area contributed by atoms with Crippen molar-refractivity contribution in [1.29, 1.82) is 0 Å². The molecule has 1 heterocycles. The normalized spacial score (nSPS) is 27.2. The monoisotopic (exact) mass is 228 g/mol. The highest BCUT2D eigenvalue weighted by molar-refractivity contribution is 9.10. The van der Waals surface area contributed by atoms with Gasteiger partial charge in [-0.15, -0.1) is 0 Å². The van der Waals surface area contributed by atoms with Gasteiger partial charge in [0.05, 0.1) is 6.61 Å². The zero-order chi connectivity index (χ0) is 8.55. The fourth-order valence-electron chi connectivity index (χ4n) is 1.26. The maximum atomic E-state index is 8.79. The first kappa shape index (κ1) is 8.23. The lowest BCUT2D eigenvalue weighted by Gasteiger charge is -1.97. The van der Waals surface area contributed by atoms with E-state index in [1.165, 1.54) is 0 Å². The molecule has 0 bridgehead atoms. The summed E-state index contributed by atoms with van der Waals surface area (Å²) >= 11 is 3.43. The predicted octanol–water partition coefficient (Wildman–Crippen LogP) is 1.88. The van der Waals surface area contributed by atoms with Crippen molar-refractivity contribution in [3.63, 3.8) is 0 Å². The van der Waals surface area contributed by atoms with Crippen LogP contribution >= 0.6 is 15.9 Å². The van der Waals surface area contributed by atoms with Gasteiger partial charge in [-0.3, -0.25) is 0 Å². The molecule has 1 N–H and O–H groups in total. The number of halogens is 1. The molecule has 12 heavy (non-hydrogen) atoms. The average molecular weight is 229 g/mol. The van der Waals surface area contributed by atoms with E-state index in [4.69, 9.17) is 9.84 Å². The second-order valence-electron chi connectivity index (χ2n) is 2.80. The summed E-state index contributed by atoms with van der Waals surface area (Å²) in [6.07, 6.45) is 0.0919. The Morgan fingerprint density at radius 1 is 1.42 bits per heavy atom. The molecule has 3 heteroatoms. The van der Waals surface area contributed by atoms with E-state index in [2.05, 4.69) is 15.9 Å². The fraction of sp³-hybridized carbons (Fsp3) is 0.333. The topological polar surface area (TPSA) is 32.8 Å². The lowest BCUT2D eigenvalue weighted by Crippen LogP contribution is -1.94. The fourth-order valence-corrected chi connectivity index (χ4v) is 1.77. The van der Waals surface area contributed by atoms with E-state index in [0.29, 0.717) is 0 Å². The highest BCUT2D eigenvalue weighted by Crippen LogP contribution is 2.41. The predicted molar refractivity (Wildman–Crippen MR) is 48.8 cm³/mol. The molecule has 2 atom stereocenters. The average Bonchev–Trinajstić information content (AvgIpc) is 2.84. The Morgan fingerprint density at radius 3 is 2.75 bits per heavy atom. The van der Waals surface area contributed by atoms with E-state index < -0.39 is 0 Å². The summed E-state index contributed by atoms with van der Waals surface area (Å²) in [6, 6.07) is 7.91. The van der Waals surface area contributed by atoms with Gasteiger partial charge in [0.1, 0.15) is 12.2 Å². The van der Waals surface area contributed by atoms with Crippen LogP contribution in [0.5, 0.6) is 0 Å². The van der Waals surface area contributed by atoms with Crippen LogP contribution in [0.15, 0.2) is 28.7 Å².